The lowest BCUT2D eigenvalue weighted by molar-refractivity contribution is -0.402. The number of hydrogen-bond acceptors (Lipinski definition) is 14. The van der Waals surface area contributed by atoms with Crippen LogP contribution in [0.25, 0.3) is 0 Å². The molecule has 1 aliphatic rings. The molecule has 4 rings (SSSR count). The van der Waals surface area contributed by atoms with Gasteiger partial charge in [0.25, 0.3) is 0 Å². The molecule has 1 fully saturated rings. The van der Waals surface area contributed by atoms with Crippen LogP contribution in [0, 0.1) is 10.1 Å². The van der Waals surface area contributed by atoms with Crippen molar-refractivity contribution >= 4 is 41.6 Å². The molecule has 224 valence electrons. The van der Waals surface area contributed by atoms with Crippen molar-refractivity contribution in [1.29, 1.82) is 0 Å². The van der Waals surface area contributed by atoms with Crippen LogP contribution in [0.15, 0.2) is 40.0 Å². The number of nitrogens with two attached hydrogens (primary N) is 2. The van der Waals surface area contributed by atoms with Crippen LogP contribution in [0.2, 0.25) is 0 Å². The summed E-state index contributed by atoms with van der Waals surface area (Å²) in [5.41, 5.74) is 13.1. The fourth-order valence-electron chi connectivity index (χ4n) is 3.19. The van der Waals surface area contributed by atoms with Crippen LogP contribution in [0.1, 0.15) is 30.7 Å². The summed E-state index contributed by atoms with van der Waals surface area (Å²) < 4.78 is 20.7. The number of hydrogen-bond donors (Lipinski definition) is 3. The highest BCUT2D eigenvalue weighted by Crippen LogP contribution is 2.38. The number of nitrogens with zero attached hydrogens (tertiary/aromatic N) is 5. The molecule has 2 aromatic heterocycles. The molecule has 3 heterocycles. The number of furan rings is 1. The lowest BCUT2D eigenvalue weighted by atomic mass is 10.1. The summed E-state index contributed by atoms with van der Waals surface area (Å²) in [6.07, 6.45) is 3.26. The molecule has 0 bridgehead atoms. The number of nitrogens with one attached hydrogen (secondary N) is 1. The standard InChI is InChI=1S/C14H18N4O3.C8H6N4O5.C3H6O/c1-19-10-5-8(6-11(20-2)12(10)21-3)4-9-7-17-14(16)18-13(9)15;13-6-4-11(8(14)10-6)9-3-5-1-2-7(17-5)12(15)16;1-3(2)4/h5-7H,4H2,1-3H3,(H4,15,16,17,18);1-3H,4H2,(H,10,13,14);1-2H3/b;9-3+;. The first-order chi connectivity index (χ1) is 19.9. The summed E-state index contributed by atoms with van der Waals surface area (Å²) in [6, 6.07) is 5.56. The van der Waals surface area contributed by atoms with Crippen LogP contribution >= 0.6 is 0 Å². The van der Waals surface area contributed by atoms with E-state index in [1.807, 2.05) is 17.4 Å². The number of urea groups is 1. The van der Waals surface area contributed by atoms with Gasteiger partial charge in [-0.3, -0.25) is 20.2 Å². The molecule has 3 amide bonds. The molecule has 17 heteroatoms. The molecule has 1 aliphatic heterocycles. The number of nitro groups is 1. The maximum Gasteiger partial charge on any atom is 0.433 e. The number of carbonyl (C=O) groups is 3. The number of carbonyl (C=O) groups excluding carboxylic acids is 3. The van der Waals surface area contributed by atoms with Crippen molar-refractivity contribution in [3.8, 4) is 17.2 Å². The minimum atomic E-state index is -0.691. The third-order valence-corrected chi connectivity index (χ3v) is 4.93. The Hall–Kier alpha value is -5.74. The SMILES string of the molecule is CC(C)=O.COc1cc(Cc2cnc(N)nc2N)cc(OC)c1OC.O=C1CN(/N=C/c2ccc([N+](=O)[O-])o2)C(=O)N1. The molecule has 0 saturated carbocycles. The predicted molar refractivity (Wildman–Crippen MR) is 149 cm³/mol. The molecule has 1 aromatic carbocycles. The number of ether oxygens (including phenoxy) is 3. The Kier molecular flexibility index (Phi) is 11.7. The Balaban J connectivity index is 0.000000265. The molecule has 0 aliphatic carbocycles. The zero-order valence-corrected chi connectivity index (χ0v) is 23.4. The molecule has 17 nitrogen and oxygen atoms in total. The van der Waals surface area contributed by atoms with Crippen molar-refractivity contribution in [3.05, 3.63) is 57.5 Å². The van der Waals surface area contributed by atoms with E-state index in [2.05, 4.69) is 15.1 Å². The number of anilines is 2. The van der Waals surface area contributed by atoms with Gasteiger partial charge in [-0.2, -0.15) is 10.1 Å². The summed E-state index contributed by atoms with van der Waals surface area (Å²) in [7, 11) is 4.70. The van der Waals surface area contributed by atoms with Crippen molar-refractivity contribution in [1.82, 2.24) is 20.3 Å². The normalized spacial score (nSPS) is 12.1. The summed E-state index contributed by atoms with van der Waals surface area (Å²) in [5, 5.41) is 16.9. The number of rotatable bonds is 8. The van der Waals surface area contributed by atoms with Crippen LogP contribution in [0.3, 0.4) is 0 Å². The second-order valence-electron chi connectivity index (χ2n) is 8.35. The number of hydrazone groups is 1. The van der Waals surface area contributed by atoms with Crippen molar-refractivity contribution in [3.63, 3.8) is 0 Å². The van der Waals surface area contributed by atoms with Crippen molar-refractivity contribution in [2.75, 3.05) is 39.3 Å². The van der Waals surface area contributed by atoms with Crippen LogP contribution in [0.5, 0.6) is 17.2 Å². The minimum Gasteiger partial charge on any atom is -0.493 e. The number of nitrogen functional groups attached to an aromatic ring is 2. The van der Waals surface area contributed by atoms with E-state index in [1.165, 1.54) is 19.9 Å². The highest BCUT2D eigenvalue weighted by Gasteiger charge is 2.26. The van der Waals surface area contributed by atoms with Gasteiger partial charge in [0.1, 0.15) is 23.1 Å². The van der Waals surface area contributed by atoms with E-state index in [0.29, 0.717) is 29.5 Å². The van der Waals surface area contributed by atoms with Crippen molar-refractivity contribution in [2.24, 2.45) is 5.10 Å². The fraction of sp³-hybridized carbons (Fsp3) is 0.280. The first kappa shape index (κ1) is 32.5. The molecule has 1 saturated heterocycles. The zero-order chi connectivity index (χ0) is 31.4. The number of ketones is 1. The van der Waals surface area contributed by atoms with E-state index in [-0.39, 0.29) is 24.0 Å². The van der Waals surface area contributed by atoms with Gasteiger partial charge in [-0.15, -0.1) is 0 Å². The minimum absolute atomic E-state index is 0.115. The summed E-state index contributed by atoms with van der Waals surface area (Å²) in [4.78, 5) is 48.8. The smallest absolute Gasteiger partial charge is 0.433 e. The summed E-state index contributed by atoms with van der Waals surface area (Å²) >= 11 is 0. The van der Waals surface area contributed by atoms with Crippen LogP contribution in [0.4, 0.5) is 22.4 Å². The number of amides is 3. The van der Waals surface area contributed by atoms with E-state index < -0.39 is 22.7 Å². The highest BCUT2D eigenvalue weighted by molar-refractivity contribution is 6.02. The first-order valence-corrected chi connectivity index (χ1v) is 11.9. The molecule has 5 N–H and O–H groups in total. The van der Waals surface area contributed by atoms with E-state index >= 15 is 0 Å². The van der Waals surface area contributed by atoms with Crippen LogP contribution in [-0.2, 0) is 16.0 Å². The van der Waals surface area contributed by atoms with Crippen molar-refractivity contribution < 1.29 is 37.9 Å². The predicted octanol–water partition coefficient (Wildman–Crippen LogP) is 1.93. The molecule has 0 radical (unpaired) electrons. The van der Waals surface area contributed by atoms with Gasteiger partial charge in [0, 0.05) is 18.2 Å². The molecule has 0 spiro atoms. The van der Waals surface area contributed by atoms with E-state index in [0.717, 1.165) is 28.4 Å². The van der Waals surface area contributed by atoms with Crippen LogP contribution < -0.4 is 31.0 Å². The molecule has 0 unspecified atom stereocenters. The Labute approximate surface area is 239 Å². The maximum absolute atomic E-state index is 11.1. The number of imide groups is 1. The van der Waals surface area contributed by atoms with Gasteiger partial charge in [-0.05, 0) is 37.6 Å². The van der Waals surface area contributed by atoms with E-state index in [9.17, 15) is 24.5 Å². The Bertz CT molecular complexity index is 1440. The number of Topliss-reactive ketones (excluding diaryl/α,β-unsaturated/α-hetero) is 1. The molecule has 42 heavy (non-hydrogen) atoms. The number of benzene rings is 1. The summed E-state index contributed by atoms with van der Waals surface area (Å²) in [5.74, 6) is 1.63. The average molecular weight is 587 g/mol. The monoisotopic (exact) mass is 586 g/mol. The maximum atomic E-state index is 11.1. The van der Waals surface area contributed by atoms with Gasteiger partial charge in [0.15, 0.2) is 17.3 Å². The van der Waals surface area contributed by atoms with Gasteiger partial charge in [-0.1, -0.05) is 0 Å². The van der Waals surface area contributed by atoms with Gasteiger partial charge in [-0.25, -0.2) is 14.8 Å². The van der Waals surface area contributed by atoms with Crippen molar-refractivity contribution in [2.45, 2.75) is 20.3 Å². The number of aromatic nitrogens is 2. The average Bonchev–Trinajstić information content (AvgIpc) is 3.54. The Morgan fingerprint density at radius 2 is 1.79 bits per heavy atom. The Morgan fingerprint density at radius 3 is 2.24 bits per heavy atom. The summed E-state index contributed by atoms with van der Waals surface area (Å²) in [6.45, 7) is 2.87. The molecule has 3 aromatic rings. The lowest BCUT2D eigenvalue weighted by Gasteiger charge is -2.14. The second kappa shape index (κ2) is 15.2. The van der Waals surface area contributed by atoms with E-state index in [1.54, 1.807) is 27.5 Å². The molecule has 0 atom stereocenters. The lowest BCUT2D eigenvalue weighted by Crippen LogP contribution is -2.24. The third-order valence-electron chi connectivity index (χ3n) is 4.93. The van der Waals surface area contributed by atoms with Gasteiger partial charge in [0.05, 0.1) is 33.6 Å². The first-order valence-electron chi connectivity index (χ1n) is 11.9. The third kappa shape index (κ3) is 9.47. The largest absolute Gasteiger partial charge is 0.493 e. The Morgan fingerprint density at radius 1 is 1.17 bits per heavy atom. The van der Waals surface area contributed by atoms with Crippen LogP contribution in [-0.4, -0.2) is 71.7 Å². The van der Waals surface area contributed by atoms with E-state index in [4.69, 9.17) is 30.1 Å². The fourth-order valence-corrected chi connectivity index (χ4v) is 3.19. The quantitative estimate of drug-likeness (QED) is 0.148. The van der Waals surface area contributed by atoms with Gasteiger partial charge >= 0.3 is 11.9 Å². The zero-order valence-electron chi connectivity index (χ0n) is 23.4. The molecular formula is C25H30N8O9. The van der Waals surface area contributed by atoms with Gasteiger partial charge in [0.2, 0.25) is 17.6 Å². The highest BCUT2D eigenvalue weighted by atomic mass is 16.6. The second-order valence-corrected chi connectivity index (χ2v) is 8.35. The van der Waals surface area contributed by atoms with Gasteiger partial charge < -0.3 is 34.9 Å². The number of methoxy groups -OCH3 is 3. The topological polar surface area (TPSA) is 241 Å². The molecular weight excluding hydrogens is 556 g/mol.